The van der Waals surface area contributed by atoms with Crippen molar-refractivity contribution in [2.45, 2.75) is 53.0 Å². The van der Waals surface area contributed by atoms with E-state index >= 15 is 0 Å². The minimum atomic E-state index is -1.06. The summed E-state index contributed by atoms with van der Waals surface area (Å²) >= 11 is 7.78. The highest BCUT2D eigenvalue weighted by molar-refractivity contribution is 14.2. The molecule has 4 rings (SSSR count). The molecule has 0 aromatic heterocycles. The number of carbonyl (C=O) groups excluding carboxylic acids is 2. The lowest BCUT2D eigenvalue weighted by atomic mass is 10.0. The van der Waals surface area contributed by atoms with Crippen LogP contribution in [0.1, 0.15) is 31.2 Å². The number of benzene rings is 2. The van der Waals surface area contributed by atoms with E-state index < -0.39 is 9.51 Å². The van der Waals surface area contributed by atoms with E-state index in [2.05, 4.69) is 10.6 Å². The smallest absolute Gasteiger partial charge is 0.336 e. The fraction of sp³-hybridized carbons (Fsp3) is 0.400. The Morgan fingerprint density at radius 1 is 1.03 bits per heavy atom. The van der Waals surface area contributed by atoms with Crippen molar-refractivity contribution >= 4 is 98.1 Å². The number of carboxylic acids is 1. The van der Waals surface area contributed by atoms with E-state index in [0.29, 0.717) is 35.3 Å². The zero-order chi connectivity index (χ0) is 27.3. The number of unbranched alkanes of at least 4 members (excludes halogenated alkanes) is 1. The van der Waals surface area contributed by atoms with Crippen molar-refractivity contribution in [1.29, 1.82) is 0 Å². The molecule has 204 valence electrons. The number of nitrogens with one attached hydrogen (secondary N) is 2. The highest BCUT2D eigenvalue weighted by Gasteiger charge is 2.42. The van der Waals surface area contributed by atoms with Gasteiger partial charge in [-0.1, -0.05) is 18.6 Å². The Labute approximate surface area is 266 Å². The standard InChI is InChI=1S/C25H26I3N3O6S/c26-25(23(33)34,31(27)28)13-15-5-7-16(8-6-15)36-17-9-11-18(12-10-17)37-21(32)4-2-1-3-20-22-19(14-38-20)29-24(35)30-22/h5-12,19-20,22H,1-4,13-14H2,(H,33,34)(H2,29,30,35)/t19-,20-,22-,25-/m0/s1. The van der Waals surface area contributed by atoms with Crippen LogP contribution in [0.3, 0.4) is 0 Å². The second kappa shape index (κ2) is 13.5. The van der Waals surface area contributed by atoms with Gasteiger partial charge in [-0.3, -0.25) is 4.79 Å². The van der Waals surface area contributed by atoms with Crippen LogP contribution in [0.15, 0.2) is 48.5 Å². The predicted molar refractivity (Wildman–Crippen MR) is 171 cm³/mol. The number of urea groups is 1. The molecule has 0 radical (unpaired) electrons. The van der Waals surface area contributed by atoms with Crippen LogP contribution in [0.5, 0.6) is 17.2 Å². The number of alkyl halides is 1. The molecule has 2 aliphatic heterocycles. The lowest BCUT2D eigenvalue weighted by Crippen LogP contribution is -2.41. The molecule has 0 aliphatic carbocycles. The Morgan fingerprint density at radius 2 is 1.66 bits per heavy atom. The van der Waals surface area contributed by atoms with Gasteiger partial charge in [-0.2, -0.15) is 13.1 Å². The summed E-state index contributed by atoms with van der Waals surface area (Å²) < 4.78 is 11.9. The number of rotatable bonds is 12. The summed E-state index contributed by atoms with van der Waals surface area (Å²) in [5, 5.41) is 15.9. The number of nitrogens with zero attached hydrogens (tertiary/aromatic N) is 1. The van der Waals surface area contributed by atoms with Crippen LogP contribution in [0.4, 0.5) is 4.79 Å². The number of carbonyl (C=O) groups is 3. The van der Waals surface area contributed by atoms with Gasteiger partial charge < -0.3 is 25.2 Å². The van der Waals surface area contributed by atoms with Crippen LogP contribution in [0.25, 0.3) is 0 Å². The van der Waals surface area contributed by atoms with Crippen LogP contribution in [0.2, 0.25) is 0 Å². The molecule has 9 nitrogen and oxygen atoms in total. The SMILES string of the molecule is O=C1N[C@H]2[C@H](CS[C@H]2CCCCC(=O)Oc2ccc(Oc3ccc(C[C@@](I)(C(=O)O)N(I)I)cc3)cc2)N1. The molecule has 0 unspecified atom stereocenters. The van der Waals surface area contributed by atoms with Crippen LogP contribution >= 0.6 is 80.1 Å². The van der Waals surface area contributed by atoms with E-state index in [1.165, 1.54) is 0 Å². The largest absolute Gasteiger partial charge is 0.479 e. The molecule has 2 amide bonds. The lowest BCUT2D eigenvalue weighted by molar-refractivity contribution is -0.140. The van der Waals surface area contributed by atoms with Crippen molar-refractivity contribution in [3.63, 3.8) is 0 Å². The molecule has 2 aliphatic rings. The maximum Gasteiger partial charge on any atom is 0.336 e. The molecule has 2 fully saturated rings. The normalized spacial score (nSPS) is 21.8. The molecule has 0 saturated carbocycles. The Bertz CT molecular complexity index is 1150. The molecule has 2 saturated heterocycles. The zero-order valence-electron chi connectivity index (χ0n) is 20.1. The maximum absolute atomic E-state index is 12.3. The summed E-state index contributed by atoms with van der Waals surface area (Å²) in [6, 6.07) is 14.5. The number of amides is 2. The highest BCUT2D eigenvalue weighted by atomic mass is 127. The Balaban J connectivity index is 1.19. The quantitative estimate of drug-likeness (QED) is 0.0355. The number of hydrogen-bond acceptors (Lipinski definition) is 7. The average molecular weight is 877 g/mol. The second-order valence-electron chi connectivity index (χ2n) is 9.03. The molecule has 0 spiro atoms. The molecule has 13 heteroatoms. The Hall–Kier alpha value is -1.05. The van der Waals surface area contributed by atoms with Gasteiger partial charge in [0.25, 0.3) is 0 Å². The number of fused-ring (bicyclic) bond motifs is 1. The van der Waals surface area contributed by atoms with Crippen LogP contribution in [-0.4, -0.2) is 51.0 Å². The fourth-order valence-corrected chi connectivity index (χ4v) is 7.04. The number of aliphatic carboxylic acids is 1. The van der Waals surface area contributed by atoms with Crippen molar-refractivity contribution in [1.82, 2.24) is 12.0 Å². The number of carboxylic acid groups (broad SMARTS) is 1. The molecule has 38 heavy (non-hydrogen) atoms. The third-order valence-electron chi connectivity index (χ3n) is 6.31. The van der Waals surface area contributed by atoms with Gasteiger partial charge in [0.05, 0.1) is 12.1 Å². The van der Waals surface area contributed by atoms with E-state index in [1.54, 1.807) is 37.7 Å². The van der Waals surface area contributed by atoms with Gasteiger partial charge in [-0.15, -0.1) is 0 Å². The minimum absolute atomic E-state index is 0.0804. The average Bonchev–Trinajstić information content (AvgIpc) is 3.43. The van der Waals surface area contributed by atoms with E-state index in [9.17, 15) is 19.5 Å². The summed E-state index contributed by atoms with van der Waals surface area (Å²) in [6.07, 6.45) is 3.28. The summed E-state index contributed by atoms with van der Waals surface area (Å²) in [6.45, 7) is 0. The van der Waals surface area contributed by atoms with E-state index in [-0.39, 0.29) is 24.1 Å². The molecule has 0 bridgehead atoms. The van der Waals surface area contributed by atoms with Crippen LogP contribution in [0, 0.1) is 0 Å². The number of ether oxygens (including phenoxy) is 2. The van der Waals surface area contributed by atoms with Crippen LogP contribution in [-0.2, 0) is 16.0 Å². The van der Waals surface area contributed by atoms with Gasteiger partial charge in [0.2, 0.25) is 0 Å². The summed E-state index contributed by atoms with van der Waals surface area (Å²) in [4.78, 5) is 35.4. The molecular weight excluding hydrogens is 851 g/mol. The first-order valence-corrected chi connectivity index (χ1v) is 16.0. The van der Waals surface area contributed by atoms with Gasteiger partial charge in [-0.05, 0) is 77.4 Å². The first kappa shape index (κ1) is 29.9. The van der Waals surface area contributed by atoms with Crippen molar-refractivity contribution in [3.05, 3.63) is 54.1 Å². The third-order valence-corrected chi connectivity index (χ3v) is 12.6. The van der Waals surface area contributed by atoms with Crippen molar-refractivity contribution in [2.75, 3.05) is 5.75 Å². The summed E-state index contributed by atoms with van der Waals surface area (Å²) in [7, 11) is 0. The fourth-order valence-electron chi connectivity index (χ4n) is 4.31. The lowest BCUT2D eigenvalue weighted by Gasteiger charge is -2.26. The third kappa shape index (κ3) is 7.78. The highest BCUT2D eigenvalue weighted by Crippen LogP contribution is 2.36. The second-order valence-corrected chi connectivity index (χ2v) is 15.9. The van der Waals surface area contributed by atoms with Gasteiger partial charge in [0.15, 0.2) is 3.55 Å². The van der Waals surface area contributed by atoms with Crippen molar-refractivity contribution in [2.24, 2.45) is 0 Å². The number of hydrogen-bond donors (Lipinski definition) is 3. The monoisotopic (exact) mass is 877 g/mol. The van der Waals surface area contributed by atoms with Crippen molar-refractivity contribution < 1.29 is 29.0 Å². The summed E-state index contributed by atoms with van der Waals surface area (Å²) in [5.41, 5.74) is 0.878. The Kier molecular flexibility index (Phi) is 10.7. The number of halogens is 3. The first-order chi connectivity index (χ1) is 18.1. The van der Waals surface area contributed by atoms with E-state index in [1.807, 2.05) is 92.2 Å². The first-order valence-electron chi connectivity index (χ1n) is 11.9. The van der Waals surface area contributed by atoms with E-state index in [0.717, 1.165) is 30.6 Å². The van der Waals surface area contributed by atoms with Gasteiger partial charge in [0.1, 0.15) is 17.2 Å². The zero-order valence-corrected chi connectivity index (χ0v) is 27.4. The van der Waals surface area contributed by atoms with Gasteiger partial charge >= 0.3 is 18.0 Å². The molecule has 2 aromatic rings. The van der Waals surface area contributed by atoms with Gasteiger partial charge in [-0.25, -0.2) is 9.59 Å². The number of esters is 1. The Morgan fingerprint density at radius 3 is 2.29 bits per heavy atom. The van der Waals surface area contributed by atoms with Gasteiger partial charge in [0, 0.05) is 69.6 Å². The summed E-state index contributed by atoms with van der Waals surface area (Å²) in [5.74, 6) is 1.43. The predicted octanol–water partition coefficient (Wildman–Crippen LogP) is 5.87. The van der Waals surface area contributed by atoms with E-state index in [4.69, 9.17) is 9.47 Å². The molecule has 2 heterocycles. The molecule has 2 aromatic carbocycles. The molecule has 3 N–H and O–H groups in total. The van der Waals surface area contributed by atoms with Crippen molar-refractivity contribution in [3.8, 4) is 17.2 Å². The number of thioether (sulfide) groups is 1. The minimum Gasteiger partial charge on any atom is -0.479 e. The molecular formula is C25H26I3N3O6S. The molecule has 4 atom stereocenters. The van der Waals surface area contributed by atoms with Crippen LogP contribution < -0.4 is 20.1 Å². The topological polar surface area (TPSA) is 117 Å². The maximum atomic E-state index is 12.3.